The van der Waals surface area contributed by atoms with Crippen LogP contribution in [0, 0.1) is 0 Å². The molecular weight excluding hydrogens is 309 g/mol. The Morgan fingerprint density at radius 1 is 1.19 bits per heavy atom. The molecule has 21 heavy (non-hydrogen) atoms. The van der Waals surface area contributed by atoms with Crippen LogP contribution in [0.4, 0.5) is 5.69 Å². The molecule has 1 atom stereocenters. The van der Waals surface area contributed by atoms with Crippen LogP contribution in [-0.2, 0) is 10.4 Å². The number of carbonyl (C=O) groups is 1. The highest BCUT2D eigenvalue weighted by atomic mass is 35.5. The summed E-state index contributed by atoms with van der Waals surface area (Å²) in [5.41, 5.74) is -0.0955. The molecule has 2 aromatic carbocycles. The lowest BCUT2D eigenvalue weighted by atomic mass is 9.92. The summed E-state index contributed by atoms with van der Waals surface area (Å²) in [6, 6.07) is 13.9. The number of nitrogens with one attached hydrogen (secondary N) is 1. The fraction of sp³-hybridized carbons (Fsp3) is 0.188. The maximum Gasteiger partial charge on any atom is 0.227 e. The van der Waals surface area contributed by atoms with Crippen LogP contribution in [0.25, 0.3) is 0 Å². The van der Waals surface area contributed by atoms with Crippen molar-refractivity contribution >= 4 is 34.8 Å². The van der Waals surface area contributed by atoms with Crippen molar-refractivity contribution in [3.63, 3.8) is 0 Å². The van der Waals surface area contributed by atoms with Crippen LogP contribution < -0.4 is 5.32 Å². The van der Waals surface area contributed by atoms with E-state index in [1.54, 1.807) is 37.3 Å². The lowest BCUT2D eigenvalue weighted by molar-refractivity contribution is -0.120. The zero-order chi connectivity index (χ0) is 15.5. The standard InChI is InChI=1S/C16H15Cl2NO2/c1-16(21,11-5-3-2-4-6-11)10-15(20)19-14-8-7-12(17)9-13(14)18/h2-9,21H,10H2,1H3,(H,19,20). The minimum Gasteiger partial charge on any atom is -0.385 e. The Kier molecular flexibility index (Phi) is 4.88. The molecule has 0 aromatic heterocycles. The number of amides is 1. The van der Waals surface area contributed by atoms with Crippen LogP contribution in [-0.4, -0.2) is 11.0 Å². The Morgan fingerprint density at radius 3 is 2.48 bits per heavy atom. The number of rotatable bonds is 4. The van der Waals surface area contributed by atoms with Crippen LogP contribution in [0.2, 0.25) is 10.0 Å². The van der Waals surface area contributed by atoms with E-state index in [1.165, 1.54) is 0 Å². The normalized spacial score (nSPS) is 13.5. The lowest BCUT2D eigenvalue weighted by Crippen LogP contribution is -2.28. The number of benzene rings is 2. The first-order valence-corrected chi connectivity index (χ1v) is 7.17. The van der Waals surface area contributed by atoms with Crippen molar-refractivity contribution in [1.82, 2.24) is 0 Å². The summed E-state index contributed by atoms with van der Waals surface area (Å²) in [5.74, 6) is -0.326. The zero-order valence-electron chi connectivity index (χ0n) is 11.4. The molecule has 0 fully saturated rings. The lowest BCUT2D eigenvalue weighted by Gasteiger charge is -2.23. The molecule has 110 valence electrons. The maximum atomic E-state index is 12.1. The molecule has 0 bridgehead atoms. The topological polar surface area (TPSA) is 49.3 Å². The molecule has 0 aliphatic rings. The Morgan fingerprint density at radius 2 is 1.86 bits per heavy atom. The number of anilines is 1. The molecular formula is C16H15Cl2NO2. The van der Waals surface area contributed by atoms with Crippen molar-refractivity contribution in [2.24, 2.45) is 0 Å². The molecule has 2 N–H and O–H groups in total. The molecule has 0 radical (unpaired) electrons. The summed E-state index contributed by atoms with van der Waals surface area (Å²) in [5, 5.41) is 14.0. The number of carbonyl (C=O) groups excluding carboxylic acids is 1. The van der Waals surface area contributed by atoms with Gasteiger partial charge in [0, 0.05) is 5.02 Å². The molecule has 0 saturated heterocycles. The summed E-state index contributed by atoms with van der Waals surface area (Å²) in [6.07, 6.45) is -0.0734. The van der Waals surface area contributed by atoms with Gasteiger partial charge in [-0.05, 0) is 30.7 Å². The van der Waals surface area contributed by atoms with Crippen LogP contribution in [0.3, 0.4) is 0 Å². The summed E-state index contributed by atoms with van der Waals surface area (Å²) in [6.45, 7) is 1.60. The van der Waals surface area contributed by atoms with Gasteiger partial charge >= 0.3 is 0 Å². The van der Waals surface area contributed by atoms with E-state index in [4.69, 9.17) is 23.2 Å². The van der Waals surface area contributed by atoms with Gasteiger partial charge in [0.2, 0.25) is 5.91 Å². The molecule has 0 aliphatic carbocycles. The minimum atomic E-state index is -1.25. The molecule has 0 saturated carbocycles. The third kappa shape index (κ3) is 4.21. The SMILES string of the molecule is CC(O)(CC(=O)Nc1ccc(Cl)cc1Cl)c1ccccc1. The van der Waals surface area contributed by atoms with Crippen LogP contribution >= 0.6 is 23.2 Å². The van der Waals surface area contributed by atoms with E-state index in [1.807, 2.05) is 18.2 Å². The van der Waals surface area contributed by atoms with Crippen molar-refractivity contribution in [2.45, 2.75) is 18.9 Å². The fourth-order valence-electron chi connectivity index (χ4n) is 2.00. The molecule has 2 aromatic rings. The van der Waals surface area contributed by atoms with Gasteiger partial charge in [0.25, 0.3) is 0 Å². The number of aliphatic hydroxyl groups is 1. The van der Waals surface area contributed by atoms with Crippen molar-refractivity contribution in [3.05, 3.63) is 64.1 Å². The monoisotopic (exact) mass is 323 g/mol. The summed E-state index contributed by atoms with van der Waals surface area (Å²) < 4.78 is 0. The van der Waals surface area contributed by atoms with Gasteiger partial charge in [-0.25, -0.2) is 0 Å². The third-order valence-electron chi connectivity index (χ3n) is 3.11. The zero-order valence-corrected chi connectivity index (χ0v) is 12.9. The smallest absolute Gasteiger partial charge is 0.227 e. The summed E-state index contributed by atoms with van der Waals surface area (Å²) >= 11 is 11.8. The van der Waals surface area contributed by atoms with E-state index in [-0.39, 0.29) is 12.3 Å². The fourth-order valence-corrected chi connectivity index (χ4v) is 2.45. The molecule has 1 unspecified atom stereocenters. The van der Waals surface area contributed by atoms with Gasteiger partial charge in [-0.2, -0.15) is 0 Å². The third-order valence-corrected chi connectivity index (χ3v) is 3.65. The first-order chi connectivity index (χ1) is 9.88. The van der Waals surface area contributed by atoms with Gasteiger partial charge in [-0.15, -0.1) is 0 Å². The predicted octanol–water partition coefficient (Wildman–Crippen LogP) is 4.23. The summed E-state index contributed by atoms with van der Waals surface area (Å²) in [4.78, 5) is 12.1. The molecule has 0 aliphatic heterocycles. The molecule has 0 spiro atoms. The van der Waals surface area contributed by atoms with Gasteiger partial charge in [-0.1, -0.05) is 53.5 Å². The Balaban J connectivity index is 2.08. The van der Waals surface area contributed by atoms with E-state index in [0.717, 1.165) is 0 Å². The maximum absolute atomic E-state index is 12.1. The highest BCUT2D eigenvalue weighted by Crippen LogP contribution is 2.28. The Hall–Kier alpha value is -1.55. The largest absolute Gasteiger partial charge is 0.385 e. The van der Waals surface area contributed by atoms with E-state index >= 15 is 0 Å². The quantitative estimate of drug-likeness (QED) is 0.884. The molecule has 2 rings (SSSR count). The Labute approximate surface area is 133 Å². The van der Waals surface area contributed by atoms with Crippen LogP contribution in [0.15, 0.2) is 48.5 Å². The van der Waals surface area contributed by atoms with E-state index in [9.17, 15) is 9.90 Å². The Bertz CT molecular complexity index is 642. The van der Waals surface area contributed by atoms with Gasteiger partial charge in [0.15, 0.2) is 0 Å². The highest BCUT2D eigenvalue weighted by molar-refractivity contribution is 6.36. The second-order valence-electron chi connectivity index (χ2n) is 4.99. The number of halogens is 2. The molecule has 5 heteroatoms. The minimum absolute atomic E-state index is 0.0734. The second kappa shape index (κ2) is 6.48. The predicted molar refractivity (Wildman–Crippen MR) is 85.7 cm³/mol. The highest BCUT2D eigenvalue weighted by Gasteiger charge is 2.26. The number of hydrogen-bond donors (Lipinski definition) is 2. The van der Waals surface area contributed by atoms with E-state index < -0.39 is 5.60 Å². The average molecular weight is 324 g/mol. The molecule has 3 nitrogen and oxygen atoms in total. The second-order valence-corrected chi connectivity index (χ2v) is 5.83. The van der Waals surface area contributed by atoms with Crippen molar-refractivity contribution in [3.8, 4) is 0 Å². The number of hydrogen-bond acceptors (Lipinski definition) is 2. The van der Waals surface area contributed by atoms with Crippen LogP contribution in [0.1, 0.15) is 18.9 Å². The van der Waals surface area contributed by atoms with Crippen molar-refractivity contribution < 1.29 is 9.90 Å². The van der Waals surface area contributed by atoms with Gasteiger partial charge in [0.1, 0.15) is 0 Å². The van der Waals surface area contributed by atoms with E-state index in [0.29, 0.717) is 21.3 Å². The van der Waals surface area contributed by atoms with Gasteiger partial charge < -0.3 is 10.4 Å². The molecule has 0 heterocycles. The van der Waals surface area contributed by atoms with Crippen LogP contribution in [0.5, 0.6) is 0 Å². The summed E-state index contributed by atoms with van der Waals surface area (Å²) in [7, 11) is 0. The first kappa shape index (κ1) is 15.8. The van der Waals surface area contributed by atoms with Crippen molar-refractivity contribution in [2.75, 3.05) is 5.32 Å². The van der Waals surface area contributed by atoms with E-state index in [2.05, 4.69) is 5.32 Å². The first-order valence-electron chi connectivity index (χ1n) is 6.41. The van der Waals surface area contributed by atoms with Gasteiger partial charge in [-0.3, -0.25) is 4.79 Å². The van der Waals surface area contributed by atoms with Gasteiger partial charge in [0.05, 0.1) is 22.7 Å². The molecule has 1 amide bonds. The van der Waals surface area contributed by atoms with Crippen molar-refractivity contribution in [1.29, 1.82) is 0 Å². The average Bonchev–Trinajstić information content (AvgIpc) is 2.42.